The second-order valence-corrected chi connectivity index (χ2v) is 5.21. The average molecular weight is 320 g/mol. The van der Waals surface area contributed by atoms with E-state index in [1.165, 1.54) is 5.56 Å². The highest BCUT2D eigenvalue weighted by atomic mass is 79.9. The molecule has 0 aromatic heterocycles. The molecule has 0 fully saturated rings. The molecule has 0 radical (unpaired) electrons. The maximum absolute atomic E-state index is 6.04. The van der Waals surface area contributed by atoms with Crippen molar-refractivity contribution in [2.24, 2.45) is 0 Å². The van der Waals surface area contributed by atoms with Crippen LogP contribution in [-0.4, -0.2) is 31.1 Å². The van der Waals surface area contributed by atoms with Gasteiger partial charge in [0.1, 0.15) is 0 Å². The van der Waals surface area contributed by atoms with Gasteiger partial charge in [0, 0.05) is 24.1 Å². The third kappa shape index (κ3) is 5.38. The van der Waals surface area contributed by atoms with Crippen molar-refractivity contribution in [2.45, 2.75) is 20.4 Å². The molecule has 0 bridgehead atoms. The Labute approximate surface area is 117 Å². The highest BCUT2D eigenvalue weighted by Crippen LogP contribution is 2.22. The normalized spacial score (nSPS) is 11.1. The number of rotatable bonds is 7. The second-order valence-electron chi connectivity index (χ2n) is 3.95. The number of hydrogen-bond acceptors (Lipinski definition) is 2. The van der Waals surface area contributed by atoms with Crippen molar-refractivity contribution in [2.75, 3.05) is 26.2 Å². The van der Waals surface area contributed by atoms with Crippen molar-refractivity contribution in [3.63, 3.8) is 0 Å². The minimum atomic E-state index is 0.771. The molecule has 0 aliphatic rings. The summed E-state index contributed by atoms with van der Waals surface area (Å²) in [5, 5.41) is 4.20. The van der Waals surface area contributed by atoms with Crippen LogP contribution in [0.5, 0.6) is 0 Å². The van der Waals surface area contributed by atoms with Gasteiger partial charge in [-0.25, -0.2) is 0 Å². The first-order valence-corrected chi connectivity index (χ1v) is 7.21. The lowest BCUT2D eigenvalue weighted by atomic mass is 10.2. The molecule has 1 N–H and O–H groups in total. The van der Waals surface area contributed by atoms with Gasteiger partial charge in [-0.05, 0) is 46.7 Å². The van der Waals surface area contributed by atoms with Crippen molar-refractivity contribution in [3.05, 3.63) is 33.3 Å². The van der Waals surface area contributed by atoms with E-state index in [-0.39, 0.29) is 0 Å². The van der Waals surface area contributed by atoms with Gasteiger partial charge in [-0.2, -0.15) is 0 Å². The molecule has 0 atom stereocenters. The Morgan fingerprint density at radius 2 is 2.00 bits per heavy atom. The molecule has 1 rings (SSSR count). The summed E-state index contributed by atoms with van der Waals surface area (Å²) in [7, 11) is 0. The van der Waals surface area contributed by atoms with E-state index in [4.69, 9.17) is 11.6 Å². The Morgan fingerprint density at radius 1 is 1.29 bits per heavy atom. The van der Waals surface area contributed by atoms with Crippen LogP contribution in [0, 0.1) is 0 Å². The number of halogens is 2. The summed E-state index contributed by atoms with van der Waals surface area (Å²) < 4.78 is 0.950. The Hall–Kier alpha value is -0.0900. The summed E-state index contributed by atoms with van der Waals surface area (Å²) in [6.45, 7) is 9.58. The molecule has 2 nitrogen and oxygen atoms in total. The Bertz CT molecular complexity index is 340. The van der Waals surface area contributed by atoms with Crippen molar-refractivity contribution >= 4 is 27.5 Å². The molecule has 17 heavy (non-hydrogen) atoms. The molecule has 1 aromatic rings. The number of nitrogens with one attached hydrogen (secondary N) is 1. The lowest BCUT2D eigenvalue weighted by Crippen LogP contribution is -2.31. The van der Waals surface area contributed by atoms with Gasteiger partial charge >= 0.3 is 0 Å². The smallest absolute Gasteiger partial charge is 0.0551 e. The second kappa shape index (κ2) is 8.09. The third-order valence-corrected chi connectivity index (χ3v) is 4.04. The largest absolute Gasteiger partial charge is 0.311 e. The molecule has 0 aliphatic carbocycles. The van der Waals surface area contributed by atoms with E-state index in [1.54, 1.807) is 0 Å². The summed E-state index contributed by atoms with van der Waals surface area (Å²) in [6.07, 6.45) is 0. The van der Waals surface area contributed by atoms with Gasteiger partial charge in [0.05, 0.1) is 5.02 Å². The van der Waals surface area contributed by atoms with Crippen LogP contribution >= 0.6 is 27.5 Å². The molecule has 96 valence electrons. The van der Waals surface area contributed by atoms with Crippen molar-refractivity contribution < 1.29 is 0 Å². The number of benzene rings is 1. The van der Waals surface area contributed by atoms with Gasteiger partial charge in [-0.15, -0.1) is 0 Å². The lowest BCUT2D eigenvalue weighted by Gasteiger charge is -2.18. The van der Waals surface area contributed by atoms with Gasteiger partial charge in [0.25, 0.3) is 0 Å². The molecule has 0 amide bonds. The van der Waals surface area contributed by atoms with Crippen LogP contribution in [0.2, 0.25) is 5.02 Å². The highest BCUT2D eigenvalue weighted by molar-refractivity contribution is 9.10. The van der Waals surface area contributed by atoms with Crippen LogP contribution in [0.4, 0.5) is 0 Å². The summed E-state index contributed by atoms with van der Waals surface area (Å²) in [5.74, 6) is 0. The van der Waals surface area contributed by atoms with E-state index in [0.29, 0.717) is 0 Å². The SMILES string of the molecule is CCN(CC)CCNCc1ccc(Br)c(Cl)c1. The van der Waals surface area contributed by atoms with Gasteiger partial charge in [-0.1, -0.05) is 31.5 Å². The minimum absolute atomic E-state index is 0.771. The van der Waals surface area contributed by atoms with E-state index in [0.717, 1.165) is 42.2 Å². The van der Waals surface area contributed by atoms with Gasteiger partial charge in [0.15, 0.2) is 0 Å². The molecule has 1 aromatic carbocycles. The van der Waals surface area contributed by atoms with Crippen molar-refractivity contribution in [3.8, 4) is 0 Å². The molecule has 0 spiro atoms. The van der Waals surface area contributed by atoms with E-state index in [1.807, 2.05) is 12.1 Å². The molecule has 0 heterocycles. The first-order chi connectivity index (χ1) is 8.17. The summed E-state index contributed by atoms with van der Waals surface area (Å²) >= 11 is 9.43. The quantitative estimate of drug-likeness (QED) is 0.773. The summed E-state index contributed by atoms with van der Waals surface area (Å²) in [5.41, 5.74) is 1.22. The number of nitrogens with zero attached hydrogens (tertiary/aromatic N) is 1. The monoisotopic (exact) mass is 318 g/mol. The van der Waals surface area contributed by atoms with Crippen LogP contribution in [0.3, 0.4) is 0 Å². The molecule has 0 unspecified atom stereocenters. The summed E-state index contributed by atoms with van der Waals surface area (Å²) in [4.78, 5) is 2.40. The Balaban J connectivity index is 2.28. The zero-order valence-electron chi connectivity index (χ0n) is 10.5. The molecule has 0 aliphatic heterocycles. The van der Waals surface area contributed by atoms with Gasteiger partial charge in [0.2, 0.25) is 0 Å². The predicted octanol–water partition coefficient (Wildman–Crippen LogP) is 3.53. The molecule has 0 saturated carbocycles. The number of hydrogen-bond donors (Lipinski definition) is 1. The van der Waals surface area contributed by atoms with E-state index < -0.39 is 0 Å². The van der Waals surface area contributed by atoms with Crippen LogP contribution in [0.25, 0.3) is 0 Å². The van der Waals surface area contributed by atoms with Crippen molar-refractivity contribution in [1.82, 2.24) is 10.2 Å². The first kappa shape index (κ1) is 15.0. The topological polar surface area (TPSA) is 15.3 Å². The van der Waals surface area contributed by atoms with Crippen LogP contribution in [0.15, 0.2) is 22.7 Å². The average Bonchev–Trinajstić information content (AvgIpc) is 2.34. The van der Waals surface area contributed by atoms with Crippen molar-refractivity contribution in [1.29, 1.82) is 0 Å². The Morgan fingerprint density at radius 3 is 2.59 bits per heavy atom. The van der Waals surface area contributed by atoms with Gasteiger partial charge in [-0.3, -0.25) is 0 Å². The van der Waals surface area contributed by atoms with Crippen LogP contribution in [-0.2, 0) is 6.54 Å². The summed E-state index contributed by atoms with van der Waals surface area (Å²) in [6, 6.07) is 6.07. The first-order valence-electron chi connectivity index (χ1n) is 6.04. The third-order valence-electron chi connectivity index (χ3n) is 2.81. The fourth-order valence-electron chi connectivity index (χ4n) is 1.66. The standard InChI is InChI=1S/C13H20BrClN2/c1-3-17(4-2)8-7-16-10-11-5-6-12(14)13(15)9-11/h5-6,9,16H,3-4,7-8,10H2,1-2H3. The fourth-order valence-corrected chi connectivity index (χ4v) is 2.11. The number of likely N-dealkylation sites (N-methyl/N-ethyl adjacent to an activating group) is 1. The zero-order chi connectivity index (χ0) is 12.7. The molecular formula is C13H20BrClN2. The highest BCUT2D eigenvalue weighted by Gasteiger charge is 2.00. The molecule has 0 saturated heterocycles. The van der Waals surface area contributed by atoms with Crippen LogP contribution in [0.1, 0.15) is 19.4 Å². The van der Waals surface area contributed by atoms with E-state index in [2.05, 4.69) is 46.1 Å². The molecule has 4 heteroatoms. The maximum Gasteiger partial charge on any atom is 0.0551 e. The lowest BCUT2D eigenvalue weighted by molar-refractivity contribution is 0.302. The van der Waals surface area contributed by atoms with Gasteiger partial charge < -0.3 is 10.2 Å². The molecular weight excluding hydrogens is 300 g/mol. The predicted molar refractivity (Wildman–Crippen MR) is 78.6 cm³/mol. The fraction of sp³-hybridized carbons (Fsp3) is 0.538. The van der Waals surface area contributed by atoms with E-state index in [9.17, 15) is 0 Å². The van der Waals surface area contributed by atoms with E-state index >= 15 is 0 Å². The van der Waals surface area contributed by atoms with Crippen LogP contribution < -0.4 is 5.32 Å². The Kier molecular flexibility index (Phi) is 7.12. The zero-order valence-corrected chi connectivity index (χ0v) is 12.8. The minimum Gasteiger partial charge on any atom is -0.311 e. The maximum atomic E-state index is 6.04.